The largest absolute Gasteiger partial charge is 0.378 e. The van der Waals surface area contributed by atoms with Gasteiger partial charge in [0.15, 0.2) is 0 Å². The van der Waals surface area contributed by atoms with Gasteiger partial charge in [-0.15, -0.1) is 0 Å². The molecule has 0 aromatic carbocycles. The Morgan fingerprint density at radius 3 is 2.68 bits per heavy atom. The van der Waals surface area contributed by atoms with E-state index in [2.05, 4.69) is 24.0 Å². The van der Waals surface area contributed by atoms with E-state index in [1.54, 1.807) is 0 Å². The lowest BCUT2D eigenvalue weighted by Crippen LogP contribution is -2.45. The minimum Gasteiger partial charge on any atom is -0.378 e. The summed E-state index contributed by atoms with van der Waals surface area (Å²) in [6.07, 6.45) is 1.03. The molecule has 6 nitrogen and oxygen atoms in total. The summed E-state index contributed by atoms with van der Waals surface area (Å²) in [6, 6.07) is 4.38. The molecule has 0 aliphatic carbocycles. The number of likely N-dealkylation sites (tertiary alicyclic amines) is 1. The molecule has 0 N–H and O–H groups in total. The molecular weight excluding hydrogens is 280 g/mol. The van der Waals surface area contributed by atoms with E-state index in [0.29, 0.717) is 51.6 Å². The van der Waals surface area contributed by atoms with E-state index in [0.717, 1.165) is 13.1 Å². The van der Waals surface area contributed by atoms with Crippen molar-refractivity contribution in [3.8, 4) is 12.1 Å². The smallest absolute Gasteiger partial charge is 0.227 e. The number of ether oxygens (including phenoxy) is 1. The highest BCUT2D eigenvalue weighted by molar-refractivity contribution is 5.79. The maximum atomic E-state index is 12.6. The SMILES string of the molecule is C[C@@H]1CN(CC(C#N)CCC#N)C[C@H]1C(=O)N1CCOCC1. The van der Waals surface area contributed by atoms with E-state index >= 15 is 0 Å². The second kappa shape index (κ2) is 8.12. The molecular formula is C16H24N4O2. The van der Waals surface area contributed by atoms with Crippen LogP contribution in [-0.4, -0.2) is 61.6 Å². The number of carbonyl (C=O) groups is 1. The van der Waals surface area contributed by atoms with Crippen LogP contribution in [0.25, 0.3) is 0 Å². The molecule has 22 heavy (non-hydrogen) atoms. The number of nitrogens with zero attached hydrogens (tertiary/aromatic N) is 4. The minimum absolute atomic E-state index is 0.0217. The second-order valence-electron chi connectivity index (χ2n) is 6.26. The van der Waals surface area contributed by atoms with E-state index in [-0.39, 0.29) is 17.7 Å². The average molecular weight is 304 g/mol. The summed E-state index contributed by atoms with van der Waals surface area (Å²) in [5.41, 5.74) is 0. The van der Waals surface area contributed by atoms with E-state index in [4.69, 9.17) is 10.00 Å². The van der Waals surface area contributed by atoms with Gasteiger partial charge in [-0.3, -0.25) is 4.79 Å². The standard InChI is InChI=1S/C16H24N4O2/c1-13-10-19(11-14(9-18)3-2-4-17)12-15(13)16(21)20-5-7-22-8-6-20/h13-15H,2-3,5-8,10-12H2,1H3/t13-,14?,15-/m1/s1. The molecule has 2 aliphatic heterocycles. The van der Waals surface area contributed by atoms with Crippen molar-refractivity contribution in [1.82, 2.24) is 9.80 Å². The molecule has 2 aliphatic rings. The molecule has 3 atom stereocenters. The topological polar surface area (TPSA) is 80.4 Å². The third-order valence-electron chi connectivity index (χ3n) is 4.59. The molecule has 2 fully saturated rings. The van der Waals surface area contributed by atoms with E-state index in [1.165, 1.54) is 0 Å². The number of hydrogen-bond acceptors (Lipinski definition) is 5. The zero-order chi connectivity index (χ0) is 15.9. The summed E-state index contributed by atoms with van der Waals surface area (Å²) in [6.45, 7) is 6.97. The summed E-state index contributed by atoms with van der Waals surface area (Å²) in [4.78, 5) is 16.7. The Hall–Kier alpha value is -1.63. The molecule has 0 spiro atoms. The zero-order valence-electron chi connectivity index (χ0n) is 13.2. The van der Waals surface area contributed by atoms with Crippen LogP contribution < -0.4 is 0 Å². The predicted molar refractivity (Wildman–Crippen MR) is 80.4 cm³/mol. The van der Waals surface area contributed by atoms with Crippen molar-refractivity contribution in [2.24, 2.45) is 17.8 Å². The normalized spacial score (nSPS) is 27.1. The fraction of sp³-hybridized carbons (Fsp3) is 0.812. The third kappa shape index (κ3) is 4.19. The van der Waals surface area contributed by atoms with Gasteiger partial charge >= 0.3 is 0 Å². The van der Waals surface area contributed by atoms with E-state index < -0.39 is 0 Å². The Balaban J connectivity index is 1.87. The van der Waals surface area contributed by atoms with Gasteiger partial charge in [0.1, 0.15) is 0 Å². The third-order valence-corrected chi connectivity index (χ3v) is 4.59. The molecule has 2 saturated heterocycles. The van der Waals surface area contributed by atoms with Crippen LogP contribution in [0.5, 0.6) is 0 Å². The molecule has 0 aromatic rings. The van der Waals surface area contributed by atoms with E-state index in [9.17, 15) is 10.1 Å². The summed E-state index contributed by atoms with van der Waals surface area (Å²) in [7, 11) is 0. The summed E-state index contributed by atoms with van der Waals surface area (Å²) < 4.78 is 5.30. The Kier molecular flexibility index (Phi) is 6.18. The van der Waals surface area contributed by atoms with Crippen molar-refractivity contribution in [1.29, 1.82) is 10.5 Å². The number of hydrogen-bond donors (Lipinski definition) is 0. The fourth-order valence-corrected chi connectivity index (χ4v) is 3.30. The zero-order valence-corrected chi connectivity index (χ0v) is 13.2. The van der Waals surface area contributed by atoms with Crippen LogP contribution in [-0.2, 0) is 9.53 Å². The molecule has 0 radical (unpaired) electrons. The fourth-order valence-electron chi connectivity index (χ4n) is 3.30. The number of amides is 1. The highest BCUT2D eigenvalue weighted by Gasteiger charge is 2.37. The minimum atomic E-state index is -0.121. The number of rotatable bonds is 5. The molecule has 1 amide bonds. The van der Waals surface area contributed by atoms with Gasteiger partial charge in [0, 0.05) is 39.1 Å². The Morgan fingerprint density at radius 1 is 1.32 bits per heavy atom. The first-order valence-electron chi connectivity index (χ1n) is 8.01. The lowest BCUT2D eigenvalue weighted by molar-refractivity contribution is -0.140. The first kappa shape index (κ1) is 16.7. The van der Waals surface area contributed by atoms with Gasteiger partial charge in [-0.25, -0.2) is 0 Å². The molecule has 120 valence electrons. The number of carbonyl (C=O) groups excluding carboxylic acids is 1. The van der Waals surface area contributed by atoms with Gasteiger partial charge in [-0.05, 0) is 12.3 Å². The van der Waals surface area contributed by atoms with Crippen molar-refractivity contribution >= 4 is 5.91 Å². The van der Waals surface area contributed by atoms with Gasteiger partial charge in [0.05, 0.1) is 37.2 Å². The van der Waals surface area contributed by atoms with Crippen LogP contribution in [0.2, 0.25) is 0 Å². The highest BCUT2D eigenvalue weighted by Crippen LogP contribution is 2.26. The maximum Gasteiger partial charge on any atom is 0.227 e. The van der Waals surface area contributed by atoms with Crippen LogP contribution in [0, 0.1) is 40.4 Å². The summed E-state index contributed by atoms with van der Waals surface area (Å²) in [5.74, 6) is 0.437. The van der Waals surface area contributed by atoms with Crippen molar-refractivity contribution < 1.29 is 9.53 Å². The van der Waals surface area contributed by atoms with Crippen molar-refractivity contribution in [2.75, 3.05) is 45.9 Å². The van der Waals surface area contributed by atoms with Gasteiger partial charge in [0.25, 0.3) is 0 Å². The Labute approximate surface area is 132 Å². The Bertz CT molecular complexity index is 462. The highest BCUT2D eigenvalue weighted by atomic mass is 16.5. The number of morpholine rings is 1. The van der Waals surface area contributed by atoms with Gasteiger partial charge < -0.3 is 14.5 Å². The van der Waals surface area contributed by atoms with Crippen LogP contribution in [0.4, 0.5) is 0 Å². The quantitative estimate of drug-likeness (QED) is 0.752. The monoisotopic (exact) mass is 304 g/mol. The summed E-state index contributed by atoms with van der Waals surface area (Å²) >= 11 is 0. The van der Waals surface area contributed by atoms with Gasteiger partial charge in [-0.1, -0.05) is 6.92 Å². The molecule has 2 heterocycles. The lowest BCUT2D eigenvalue weighted by Gasteiger charge is -2.30. The molecule has 0 bridgehead atoms. The molecule has 1 unspecified atom stereocenters. The molecule has 6 heteroatoms. The van der Waals surface area contributed by atoms with Crippen molar-refractivity contribution in [3.63, 3.8) is 0 Å². The second-order valence-corrected chi connectivity index (χ2v) is 6.26. The van der Waals surface area contributed by atoms with Crippen LogP contribution in [0.15, 0.2) is 0 Å². The van der Waals surface area contributed by atoms with E-state index in [1.807, 2.05) is 4.90 Å². The Morgan fingerprint density at radius 2 is 2.05 bits per heavy atom. The molecule has 0 aromatic heterocycles. The molecule has 2 rings (SSSR count). The van der Waals surface area contributed by atoms with Gasteiger partial charge in [0.2, 0.25) is 5.91 Å². The van der Waals surface area contributed by atoms with Gasteiger partial charge in [-0.2, -0.15) is 10.5 Å². The van der Waals surface area contributed by atoms with Crippen LogP contribution >= 0.6 is 0 Å². The van der Waals surface area contributed by atoms with Crippen LogP contribution in [0.1, 0.15) is 19.8 Å². The predicted octanol–water partition coefficient (Wildman–Crippen LogP) is 0.857. The first-order chi connectivity index (χ1) is 10.7. The first-order valence-corrected chi connectivity index (χ1v) is 8.01. The van der Waals surface area contributed by atoms with Crippen molar-refractivity contribution in [3.05, 3.63) is 0 Å². The summed E-state index contributed by atoms with van der Waals surface area (Å²) in [5, 5.41) is 17.8. The maximum absolute atomic E-state index is 12.6. The van der Waals surface area contributed by atoms with Crippen molar-refractivity contribution in [2.45, 2.75) is 19.8 Å². The molecule has 0 saturated carbocycles. The van der Waals surface area contributed by atoms with Crippen LogP contribution in [0.3, 0.4) is 0 Å². The lowest BCUT2D eigenvalue weighted by atomic mass is 9.96. The number of nitriles is 2. The average Bonchev–Trinajstić information content (AvgIpc) is 2.92.